The van der Waals surface area contributed by atoms with Crippen molar-refractivity contribution < 1.29 is 8.78 Å². The van der Waals surface area contributed by atoms with E-state index in [0.717, 1.165) is 47.2 Å². The number of hydrogen-bond donors (Lipinski definition) is 1. The van der Waals surface area contributed by atoms with E-state index in [2.05, 4.69) is 33.4 Å². The number of anilines is 3. The zero-order valence-electron chi connectivity index (χ0n) is 16.1. The molecule has 1 aromatic heterocycles. The third kappa shape index (κ3) is 3.91. The number of aromatic nitrogens is 1. The summed E-state index contributed by atoms with van der Waals surface area (Å²) >= 11 is 1.52. The zero-order chi connectivity index (χ0) is 20.5. The molecule has 0 unspecified atom stereocenters. The van der Waals surface area contributed by atoms with Crippen molar-refractivity contribution in [2.45, 2.75) is 13.0 Å². The lowest BCUT2D eigenvalue weighted by atomic mass is 10.1. The number of halogens is 2. The van der Waals surface area contributed by atoms with Crippen molar-refractivity contribution in [3.63, 3.8) is 0 Å². The van der Waals surface area contributed by atoms with Gasteiger partial charge in [-0.05, 0) is 72.1 Å². The summed E-state index contributed by atoms with van der Waals surface area (Å²) in [6.45, 7) is 1.72. The summed E-state index contributed by atoms with van der Waals surface area (Å²) in [7, 11) is 0. The topological polar surface area (TPSA) is 28.2 Å². The first-order valence-electron chi connectivity index (χ1n) is 9.75. The second kappa shape index (κ2) is 7.88. The van der Waals surface area contributed by atoms with Gasteiger partial charge in [-0.25, -0.2) is 13.8 Å². The van der Waals surface area contributed by atoms with Crippen molar-refractivity contribution in [2.75, 3.05) is 16.8 Å². The van der Waals surface area contributed by atoms with Gasteiger partial charge in [-0.1, -0.05) is 12.1 Å². The molecule has 0 saturated heterocycles. The van der Waals surface area contributed by atoms with Crippen molar-refractivity contribution in [1.82, 2.24) is 4.98 Å². The highest BCUT2D eigenvalue weighted by Crippen LogP contribution is 2.33. The second-order valence-corrected chi connectivity index (χ2v) is 8.17. The number of benzene rings is 3. The molecule has 3 aromatic carbocycles. The maximum atomic E-state index is 13.1. The van der Waals surface area contributed by atoms with Crippen molar-refractivity contribution in [2.24, 2.45) is 0 Å². The Kier molecular flexibility index (Phi) is 4.93. The van der Waals surface area contributed by atoms with Crippen LogP contribution in [0, 0.1) is 11.6 Å². The predicted octanol–water partition coefficient (Wildman–Crippen LogP) is 6.39. The Balaban J connectivity index is 1.29. The van der Waals surface area contributed by atoms with Crippen LogP contribution in [0.4, 0.5) is 25.3 Å². The van der Waals surface area contributed by atoms with E-state index in [1.165, 1.54) is 46.9 Å². The Morgan fingerprint density at radius 2 is 1.67 bits per heavy atom. The van der Waals surface area contributed by atoms with E-state index in [1.54, 1.807) is 12.1 Å². The molecule has 4 aromatic rings. The molecule has 0 spiro atoms. The summed E-state index contributed by atoms with van der Waals surface area (Å²) in [4.78, 5) is 6.94. The van der Waals surface area contributed by atoms with Gasteiger partial charge in [0.15, 0.2) is 5.13 Å². The highest BCUT2D eigenvalue weighted by molar-refractivity contribution is 7.14. The van der Waals surface area contributed by atoms with Gasteiger partial charge in [0.25, 0.3) is 0 Å². The van der Waals surface area contributed by atoms with Crippen LogP contribution < -0.4 is 10.2 Å². The maximum absolute atomic E-state index is 13.1. The smallest absolute Gasteiger partial charge is 0.187 e. The normalized spacial score (nSPS) is 12.8. The molecule has 3 nitrogen and oxygen atoms in total. The summed E-state index contributed by atoms with van der Waals surface area (Å²) in [5.41, 5.74) is 6.33. The molecule has 5 rings (SSSR count). The fourth-order valence-corrected chi connectivity index (χ4v) is 4.47. The van der Waals surface area contributed by atoms with Crippen LogP contribution in [0.5, 0.6) is 0 Å². The van der Waals surface area contributed by atoms with Crippen LogP contribution in [0.1, 0.15) is 11.1 Å². The quantitative estimate of drug-likeness (QED) is 0.406. The molecular weight excluding hydrogens is 400 g/mol. The number of nitrogens with one attached hydrogen (secondary N) is 1. The van der Waals surface area contributed by atoms with E-state index in [4.69, 9.17) is 0 Å². The van der Waals surface area contributed by atoms with Gasteiger partial charge in [-0.2, -0.15) is 0 Å². The first kappa shape index (κ1) is 18.8. The van der Waals surface area contributed by atoms with E-state index in [0.29, 0.717) is 0 Å². The van der Waals surface area contributed by atoms with Crippen LogP contribution in [-0.2, 0) is 13.0 Å². The molecule has 1 N–H and O–H groups in total. The molecule has 0 aliphatic carbocycles. The standard InChI is InChI=1S/C24H19F2N3S/c25-19-5-1-16(2-6-19)14-29-12-11-18-13-21(9-10-23(18)29)27-24-28-22(15-30-24)17-3-7-20(26)8-4-17/h1-10,13,15H,11-12,14H2,(H,27,28). The molecule has 0 saturated carbocycles. The van der Waals surface area contributed by atoms with Crippen LogP contribution in [0.25, 0.3) is 11.3 Å². The Labute approximate surface area is 177 Å². The van der Waals surface area contributed by atoms with E-state index in [1.807, 2.05) is 17.5 Å². The second-order valence-electron chi connectivity index (χ2n) is 7.31. The van der Waals surface area contributed by atoms with Crippen molar-refractivity contribution in [3.8, 4) is 11.3 Å². The molecule has 1 aliphatic rings. The molecule has 0 bridgehead atoms. The monoisotopic (exact) mass is 419 g/mol. The van der Waals surface area contributed by atoms with Gasteiger partial charge in [0.1, 0.15) is 11.6 Å². The molecule has 150 valence electrons. The number of thiazole rings is 1. The Morgan fingerprint density at radius 3 is 2.43 bits per heavy atom. The van der Waals surface area contributed by atoms with Gasteiger partial charge in [0, 0.05) is 35.4 Å². The summed E-state index contributed by atoms with van der Waals surface area (Å²) in [6, 6.07) is 19.4. The molecule has 6 heteroatoms. The Hall–Kier alpha value is -3.25. The summed E-state index contributed by atoms with van der Waals surface area (Å²) in [5.74, 6) is -0.458. The van der Waals surface area contributed by atoms with Crippen LogP contribution >= 0.6 is 11.3 Å². The van der Waals surface area contributed by atoms with Crippen LogP contribution in [0.2, 0.25) is 0 Å². The minimum atomic E-state index is -0.251. The minimum absolute atomic E-state index is 0.207. The molecule has 0 atom stereocenters. The fraction of sp³-hybridized carbons (Fsp3) is 0.125. The number of nitrogens with zero attached hydrogens (tertiary/aromatic N) is 2. The lowest BCUT2D eigenvalue weighted by molar-refractivity contribution is 0.626. The first-order chi connectivity index (χ1) is 14.6. The van der Waals surface area contributed by atoms with Gasteiger partial charge in [-0.3, -0.25) is 0 Å². The van der Waals surface area contributed by atoms with Crippen molar-refractivity contribution in [3.05, 3.63) is 94.9 Å². The summed E-state index contributed by atoms with van der Waals surface area (Å²) < 4.78 is 26.3. The third-order valence-corrected chi connectivity index (χ3v) is 6.01. The largest absolute Gasteiger partial charge is 0.367 e. The molecule has 30 heavy (non-hydrogen) atoms. The highest BCUT2D eigenvalue weighted by Gasteiger charge is 2.19. The average molecular weight is 420 g/mol. The van der Waals surface area contributed by atoms with Crippen molar-refractivity contribution >= 4 is 27.8 Å². The fourth-order valence-electron chi connectivity index (χ4n) is 3.73. The highest BCUT2D eigenvalue weighted by atomic mass is 32.1. The van der Waals surface area contributed by atoms with Crippen LogP contribution in [0.15, 0.2) is 72.1 Å². The van der Waals surface area contributed by atoms with E-state index < -0.39 is 0 Å². The Bertz CT molecular complexity index is 1170. The van der Waals surface area contributed by atoms with Gasteiger partial charge in [-0.15, -0.1) is 11.3 Å². The Morgan fingerprint density at radius 1 is 0.933 bits per heavy atom. The van der Waals surface area contributed by atoms with Gasteiger partial charge in [0.05, 0.1) is 5.69 Å². The molecule has 0 radical (unpaired) electrons. The number of fused-ring (bicyclic) bond motifs is 1. The van der Waals surface area contributed by atoms with E-state index >= 15 is 0 Å². The molecule has 2 heterocycles. The lowest BCUT2D eigenvalue weighted by Crippen LogP contribution is -2.19. The van der Waals surface area contributed by atoms with Crippen LogP contribution in [-0.4, -0.2) is 11.5 Å². The molecular formula is C24H19F2N3S. The number of rotatable bonds is 5. The zero-order valence-corrected chi connectivity index (χ0v) is 16.9. The molecule has 0 fully saturated rings. The number of hydrogen-bond acceptors (Lipinski definition) is 4. The van der Waals surface area contributed by atoms with Gasteiger partial charge >= 0.3 is 0 Å². The van der Waals surface area contributed by atoms with Gasteiger partial charge < -0.3 is 10.2 Å². The maximum Gasteiger partial charge on any atom is 0.187 e. The van der Waals surface area contributed by atoms with Crippen LogP contribution in [0.3, 0.4) is 0 Å². The van der Waals surface area contributed by atoms with Gasteiger partial charge in [0.2, 0.25) is 0 Å². The predicted molar refractivity (Wildman–Crippen MR) is 118 cm³/mol. The minimum Gasteiger partial charge on any atom is -0.367 e. The SMILES string of the molecule is Fc1ccc(CN2CCc3cc(Nc4nc(-c5ccc(F)cc5)cs4)ccc32)cc1. The lowest BCUT2D eigenvalue weighted by Gasteiger charge is -2.19. The van der Waals surface area contributed by atoms with E-state index in [-0.39, 0.29) is 11.6 Å². The summed E-state index contributed by atoms with van der Waals surface area (Å²) in [5, 5.41) is 6.15. The van der Waals surface area contributed by atoms with Crippen molar-refractivity contribution in [1.29, 1.82) is 0 Å². The first-order valence-corrected chi connectivity index (χ1v) is 10.6. The molecule has 0 amide bonds. The molecule has 1 aliphatic heterocycles. The average Bonchev–Trinajstić information content (AvgIpc) is 3.37. The third-order valence-electron chi connectivity index (χ3n) is 5.25. The van der Waals surface area contributed by atoms with E-state index in [9.17, 15) is 8.78 Å². The summed E-state index contributed by atoms with van der Waals surface area (Å²) in [6.07, 6.45) is 0.977.